The first-order valence-corrected chi connectivity index (χ1v) is 7.48. The summed E-state index contributed by atoms with van der Waals surface area (Å²) in [6.07, 6.45) is 11.7. The van der Waals surface area contributed by atoms with Gasteiger partial charge in [0.25, 0.3) is 0 Å². The van der Waals surface area contributed by atoms with Crippen molar-refractivity contribution in [1.82, 2.24) is 4.72 Å². The largest absolute Gasteiger partial charge is 0.333 e. The summed E-state index contributed by atoms with van der Waals surface area (Å²) >= 11 is 0. The maximum absolute atomic E-state index is 11.7. The first-order valence-electron chi connectivity index (χ1n) is 5.99. The number of carbonyl (C=O) groups is 1. The van der Waals surface area contributed by atoms with Crippen molar-refractivity contribution in [2.45, 2.75) is 30.9 Å². The predicted molar refractivity (Wildman–Crippen MR) is 76.5 cm³/mol. The van der Waals surface area contributed by atoms with E-state index in [-0.39, 0.29) is 17.7 Å². The Morgan fingerprint density at radius 3 is 2.21 bits per heavy atom. The van der Waals surface area contributed by atoms with E-state index in [1.807, 2.05) is 0 Å². The Labute approximate surface area is 115 Å². The molecular weight excluding hydrogens is 264 g/mol. The van der Waals surface area contributed by atoms with Gasteiger partial charge in [-0.05, 0) is 39.2 Å². The Morgan fingerprint density at radius 2 is 1.89 bits per heavy atom. The fourth-order valence-electron chi connectivity index (χ4n) is 1.55. The summed E-state index contributed by atoms with van der Waals surface area (Å²) in [5.41, 5.74) is 4.50. The zero-order chi connectivity index (χ0) is 15.3. The van der Waals surface area contributed by atoms with Crippen molar-refractivity contribution in [2.24, 2.45) is 17.6 Å². The van der Waals surface area contributed by atoms with Gasteiger partial charge in [0.15, 0.2) is 0 Å². The van der Waals surface area contributed by atoms with E-state index >= 15 is 0 Å². The second-order valence-corrected chi connectivity index (χ2v) is 6.86. The molecule has 3 N–H and O–H groups in total. The van der Waals surface area contributed by atoms with Crippen LogP contribution in [0.15, 0.2) is 12.7 Å². The highest BCUT2D eigenvalue weighted by molar-refractivity contribution is 7.91. The summed E-state index contributed by atoms with van der Waals surface area (Å²) in [5, 5.41) is 0. The van der Waals surface area contributed by atoms with Gasteiger partial charge >= 0.3 is 0 Å². The molecular formula is C13H22N2O3S. The third-order valence-corrected chi connectivity index (χ3v) is 5.49. The zero-order valence-electron chi connectivity index (χ0n) is 11.4. The highest BCUT2D eigenvalue weighted by Gasteiger charge is 2.52. The Kier molecular flexibility index (Phi) is 6.27. The lowest BCUT2D eigenvalue weighted by atomic mass is 10.3. The normalized spacial score (nSPS) is 25.5. The van der Waals surface area contributed by atoms with Crippen LogP contribution in [0.25, 0.3) is 0 Å². The number of carbonyl (C=O) groups excluding carboxylic acids is 1. The molecule has 0 unspecified atom stereocenters. The van der Waals surface area contributed by atoms with Crippen molar-refractivity contribution in [3.8, 4) is 12.8 Å². The SMILES string of the molecule is C#C.C=C[C@@H]1C[C@@H]1C(=O)NS(=O)(=O)C1(C)CC1.CN. The van der Waals surface area contributed by atoms with Gasteiger partial charge in [0.1, 0.15) is 0 Å². The molecule has 0 aromatic carbocycles. The lowest BCUT2D eigenvalue weighted by Crippen LogP contribution is -2.39. The molecule has 0 heterocycles. The average molecular weight is 286 g/mol. The molecule has 108 valence electrons. The van der Waals surface area contributed by atoms with Gasteiger partial charge in [-0.1, -0.05) is 6.08 Å². The van der Waals surface area contributed by atoms with Crippen LogP contribution in [0.4, 0.5) is 0 Å². The quantitative estimate of drug-likeness (QED) is 0.586. The van der Waals surface area contributed by atoms with Gasteiger partial charge in [-0.25, -0.2) is 8.42 Å². The molecule has 2 saturated carbocycles. The van der Waals surface area contributed by atoms with Crippen molar-refractivity contribution in [2.75, 3.05) is 7.05 Å². The van der Waals surface area contributed by atoms with Gasteiger partial charge in [-0.3, -0.25) is 9.52 Å². The van der Waals surface area contributed by atoms with Crippen LogP contribution in [-0.2, 0) is 14.8 Å². The molecule has 0 aliphatic heterocycles. The van der Waals surface area contributed by atoms with E-state index in [1.54, 1.807) is 13.0 Å². The molecule has 0 spiro atoms. The van der Waals surface area contributed by atoms with Gasteiger partial charge in [0.05, 0.1) is 4.75 Å². The van der Waals surface area contributed by atoms with E-state index in [1.165, 1.54) is 7.05 Å². The number of hydrogen-bond acceptors (Lipinski definition) is 4. The Morgan fingerprint density at radius 1 is 1.42 bits per heavy atom. The highest BCUT2D eigenvalue weighted by atomic mass is 32.2. The van der Waals surface area contributed by atoms with Gasteiger partial charge in [-0.15, -0.1) is 19.4 Å². The van der Waals surface area contributed by atoms with Crippen molar-refractivity contribution >= 4 is 15.9 Å². The number of sulfonamides is 1. The molecule has 5 nitrogen and oxygen atoms in total. The summed E-state index contributed by atoms with van der Waals surface area (Å²) in [5.74, 6) is -0.389. The molecule has 6 heteroatoms. The van der Waals surface area contributed by atoms with Crippen LogP contribution in [0, 0.1) is 24.7 Å². The first kappa shape index (κ1) is 17.7. The molecule has 0 aromatic heterocycles. The second kappa shape index (κ2) is 6.73. The Bertz CT molecular complexity index is 450. The maximum atomic E-state index is 11.7. The van der Waals surface area contributed by atoms with Crippen molar-refractivity contribution < 1.29 is 13.2 Å². The number of rotatable bonds is 4. The number of nitrogens with one attached hydrogen (secondary N) is 1. The molecule has 0 aromatic rings. The van der Waals surface area contributed by atoms with Crippen LogP contribution in [0.5, 0.6) is 0 Å². The summed E-state index contributed by atoms with van der Waals surface area (Å²) in [6.45, 7) is 5.25. The zero-order valence-corrected chi connectivity index (χ0v) is 12.2. The Balaban J connectivity index is 0.000000741. The fourth-order valence-corrected chi connectivity index (χ4v) is 2.85. The van der Waals surface area contributed by atoms with Gasteiger partial charge in [0.2, 0.25) is 15.9 Å². The third-order valence-electron chi connectivity index (χ3n) is 3.32. The van der Waals surface area contributed by atoms with E-state index in [2.05, 4.69) is 29.9 Å². The third kappa shape index (κ3) is 4.08. The summed E-state index contributed by atoms with van der Waals surface area (Å²) in [6, 6.07) is 0. The van der Waals surface area contributed by atoms with Crippen LogP contribution in [-0.4, -0.2) is 26.1 Å². The summed E-state index contributed by atoms with van der Waals surface area (Å²) in [7, 11) is -1.96. The number of amides is 1. The first-order chi connectivity index (χ1) is 8.89. The van der Waals surface area contributed by atoms with Crippen LogP contribution >= 0.6 is 0 Å². The van der Waals surface area contributed by atoms with Gasteiger partial charge < -0.3 is 5.73 Å². The lowest BCUT2D eigenvalue weighted by Gasteiger charge is -2.11. The fraction of sp³-hybridized carbons (Fsp3) is 0.615. The smallest absolute Gasteiger partial charge is 0.240 e. The molecule has 2 fully saturated rings. The summed E-state index contributed by atoms with van der Waals surface area (Å²) in [4.78, 5) is 11.5. The average Bonchev–Trinajstić information content (AvgIpc) is 3.28. The van der Waals surface area contributed by atoms with Crippen molar-refractivity contribution in [3.63, 3.8) is 0 Å². The topological polar surface area (TPSA) is 89.3 Å². The van der Waals surface area contributed by atoms with Crippen molar-refractivity contribution in [1.29, 1.82) is 0 Å². The molecule has 2 aliphatic rings. The van der Waals surface area contributed by atoms with Gasteiger partial charge in [0, 0.05) is 5.92 Å². The van der Waals surface area contributed by atoms with E-state index in [0.717, 1.165) is 6.42 Å². The summed E-state index contributed by atoms with van der Waals surface area (Å²) < 4.78 is 24.9. The predicted octanol–water partition coefficient (Wildman–Crippen LogP) is 0.631. The van der Waals surface area contributed by atoms with E-state index < -0.39 is 14.8 Å². The van der Waals surface area contributed by atoms with Crippen molar-refractivity contribution in [3.05, 3.63) is 12.7 Å². The number of terminal acetylenes is 1. The monoisotopic (exact) mass is 286 g/mol. The Hall–Kier alpha value is -1.32. The molecule has 0 radical (unpaired) electrons. The molecule has 1 amide bonds. The second-order valence-electron chi connectivity index (χ2n) is 4.66. The van der Waals surface area contributed by atoms with Crippen LogP contribution in [0.2, 0.25) is 0 Å². The van der Waals surface area contributed by atoms with Crippen LogP contribution in [0.1, 0.15) is 26.2 Å². The minimum absolute atomic E-state index is 0.159. The highest BCUT2D eigenvalue weighted by Crippen LogP contribution is 2.44. The standard InChI is InChI=1S/C10H15NO3S.C2H2.CH5N/c1-3-7-6-8(7)9(12)11-15(13,14)10(2)4-5-10;2*1-2/h3,7-8H,1,4-6H2,2H3,(H,11,12);1-2H;2H2,1H3/t7-,8+;;/m1../s1. The minimum Gasteiger partial charge on any atom is -0.333 e. The number of nitrogens with two attached hydrogens (primary N) is 1. The lowest BCUT2D eigenvalue weighted by molar-refractivity contribution is -0.120. The number of allylic oxidation sites excluding steroid dienone is 1. The molecule has 0 saturated heterocycles. The van der Waals surface area contributed by atoms with Crippen LogP contribution < -0.4 is 10.5 Å². The van der Waals surface area contributed by atoms with Gasteiger partial charge in [-0.2, -0.15) is 0 Å². The maximum Gasteiger partial charge on any atom is 0.240 e. The molecule has 2 aliphatic carbocycles. The minimum atomic E-state index is -3.46. The molecule has 0 bridgehead atoms. The molecule has 2 rings (SSSR count). The number of hydrogen-bond donors (Lipinski definition) is 2. The molecule has 19 heavy (non-hydrogen) atoms. The van der Waals surface area contributed by atoms with Crippen LogP contribution in [0.3, 0.4) is 0 Å². The van der Waals surface area contributed by atoms with E-state index in [4.69, 9.17) is 0 Å². The molecule has 2 atom stereocenters. The van der Waals surface area contributed by atoms with E-state index in [0.29, 0.717) is 12.8 Å². The van der Waals surface area contributed by atoms with E-state index in [9.17, 15) is 13.2 Å².